The van der Waals surface area contributed by atoms with E-state index in [2.05, 4.69) is 0 Å². The van der Waals surface area contributed by atoms with Gasteiger partial charge in [0.25, 0.3) is 0 Å². The van der Waals surface area contributed by atoms with E-state index in [0.717, 1.165) is 21.5 Å². The summed E-state index contributed by atoms with van der Waals surface area (Å²) < 4.78 is 98.2. The van der Waals surface area contributed by atoms with Crippen molar-refractivity contribution in [3.05, 3.63) is 151 Å². The number of rotatable bonds is 4. The molecule has 4 heterocycles. The van der Waals surface area contributed by atoms with Gasteiger partial charge in [-0.25, -0.2) is 15.0 Å². The predicted octanol–water partition coefficient (Wildman–Crippen LogP) is 12.2. The van der Waals surface area contributed by atoms with E-state index >= 15 is 0 Å². The van der Waals surface area contributed by atoms with Crippen LogP contribution < -0.4 is 0 Å². The van der Waals surface area contributed by atoms with E-state index in [1.165, 1.54) is 6.07 Å². The number of hydrogen-bond donors (Lipinski definition) is 0. The van der Waals surface area contributed by atoms with Crippen molar-refractivity contribution in [1.29, 1.82) is 0 Å². The molecule has 0 spiro atoms. The van der Waals surface area contributed by atoms with E-state index in [4.69, 9.17) is 37.8 Å². The van der Waals surface area contributed by atoms with Crippen molar-refractivity contribution in [3.8, 4) is 45.3 Å². The van der Waals surface area contributed by atoms with Crippen molar-refractivity contribution in [2.75, 3.05) is 0 Å². The number of nitrogens with zero attached hydrogens (tertiary/aromatic N) is 3. The van der Waals surface area contributed by atoms with Gasteiger partial charge in [0, 0.05) is 49.0 Å². The Balaban J connectivity index is 1.24. The molecule has 0 atom stereocenters. The Morgan fingerprint density at radius 1 is 0.392 bits per heavy atom. The average Bonchev–Trinajstić information content (AvgIpc) is 3.96. The Bertz CT molecular complexity index is 3660. The van der Waals surface area contributed by atoms with Crippen molar-refractivity contribution in [3.63, 3.8) is 0 Å². The second kappa shape index (κ2) is 10.7. The summed E-state index contributed by atoms with van der Waals surface area (Å²) in [6.45, 7) is 0. The number of fused-ring (bicyclic) bond motifs is 9. The average molecular weight is 665 g/mol. The summed E-state index contributed by atoms with van der Waals surface area (Å²) in [5.74, 6) is -0.369. The van der Waals surface area contributed by atoms with E-state index in [1.54, 1.807) is 18.2 Å². The maximum atomic E-state index is 9.33. The highest BCUT2D eigenvalue weighted by Crippen LogP contribution is 2.41. The van der Waals surface area contributed by atoms with Crippen LogP contribution in [-0.4, -0.2) is 15.0 Å². The summed E-state index contributed by atoms with van der Waals surface area (Å²) in [6, 6.07) is 25.5. The van der Waals surface area contributed by atoms with Crippen LogP contribution in [0.2, 0.25) is 0 Å². The standard InChI is InChI=1S/C45H25N3O3/c1-2-11-26(12-3-1)43-46-44(48-45(47-43)34-19-9-17-32-30-14-5-7-21-37(30)51-42(32)34)33-18-10-22-39-40(33)35-25-27(23-24-38(35)49-39)28-15-8-16-31-29-13-4-6-20-36(29)50-41(28)31/h1-25H/i1D,2D,3D,11D,12D,18D,22D,23D,24D. The van der Waals surface area contributed by atoms with Crippen molar-refractivity contribution in [2.24, 2.45) is 0 Å². The third kappa shape index (κ3) is 4.26. The Morgan fingerprint density at radius 2 is 1.02 bits per heavy atom. The molecule has 0 N–H and O–H groups in total. The van der Waals surface area contributed by atoms with Gasteiger partial charge in [-0.2, -0.15) is 0 Å². The maximum Gasteiger partial charge on any atom is 0.167 e. The van der Waals surface area contributed by atoms with E-state index in [-0.39, 0.29) is 69.3 Å². The van der Waals surface area contributed by atoms with Gasteiger partial charge < -0.3 is 13.3 Å². The lowest BCUT2D eigenvalue weighted by Gasteiger charge is -2.09. The highest BCUT2D eigenvalue weighted by molar-refractivity contribution is 6.15. The largest absolute Gasteiger partial charge is 0.456 e. The molecule has 0 unspecified atom stereocenters. The normalized spacial score (nSPS) is 14.4. The molecule has 0 aliphatic carbocycles. The van der Waals surface area contributed by atoms with Crippen LogP contribution in [0, 0.1) is 0 Å². The number of benzene rings is 7. The minimum Gasteiger partial charge on any atom is -0.456 e. The molecule has 6 nitrogen and oxygen atoms in total. The van der Waals surface area contributed by atoms with Gasteiger partial charge in [0.05, 0.1) is 17.9 Å². The molecule has 0 fully saturated rings. The monoisotopic (exact) mass is 664 g/mol. The summed E-state index contributed by atoms with van der Waals surface area (Å²) >= 11 is 0. The lowest BCUT2D eigenvalue weighted by atomic mass is 9.99. The first-order valence-electron chi connectivity index (χ1n) is 20.6. The molecule has 0 saturated heterocycles. The molecule has 0 aliphatic heterocycles. The fourth-order valence-electron chi connectivity index (χ4n) is 6.86. The highest BCUT2D eigenvalue weighted by atomic mass is 16.3. The van der Waals surface area contributed by atoms with Gasteiger partial charge in [-0.3, -0.25) is 0 Å². The number of furan rings is 3. The van der Waals surface area contributed by atoms with Crippen LogP contribution in [-0.2, 0) is 0 Å². The highest BCUT2D eigenvalue weighted by Gasteiger charge is 2.21. The van der Waals surface area contributed by atoms with Crippen LogP contribution in [0.1, 0.15) is 12.3 Å². The van der Waals surface area contributed by atoms with E-state index in [9.17, 15) is 2.74 Å². The SMILES string of the molecule is [2H]c1cc([2H])c2oc3c([2H])c([2H])c(-c4cccc5c4oc4ccccc45)cc3c2c1-c1nc(-c2c([2H])c([2H])c([2H])c([2H])c2[2H])nc(-c2cccc3c2oc2ccccc23)n1. The van der Waals surface area contributed by atoms with Crippen LogP contribution in [0.3, 0.4) is 0 Å². The molecule has 6 heteroatoms. The third-order valence-corrected chi connectivity index (χ3v) is 9.14. The zero-order chi connectivity index (χ0) is 41.3. The molecule has 0 saturated carbocycles. The second-order valence-corrected chi connectivity index (χ2v) is 12.0. The van der Waals surface area contributed by atoms with Crippen molar-refractivity contribution in [1.82, 2.24) is 15.0 Å². The summed E-state index contributed by atoms with van der Waals surface area (Å²) in [5.41, 5.74) is 3.33. The molecule has 0 aliphatic rings. The van der Waals surface area contributed by atoms with Gasteiger partial charge >= 0.3 is 0 Å². The fourth-order valence-corrected chi connectivity index (χ4v) is 6.86. The van der Waals surface area contributed by atoms with Crippen LogP contribution >= 0.6 is 0 Å². The minimum absolute atomic E-state index is 0.00282. The Labute approximate surface area is 302 Å². The molecule has 0 radical (unpaired) electrons. The van der Waals surface area contributed by atoms with Gasteiger partial charge in [0.15, 0.2) is 17.5 Å². The second-order valence-electron chi connectivity index (χ2n) is 12.0. The summed E-state index contributed by atoms with van der Waals surface area (Å²) in [6.07, 6.45) is 0. The third-order valence-electron chi connectivity index (χ3n) is 9.14. The van der Waals surface area contributed by atoms with Gasteiger partial charge in [-0.1, -0.05) is 115 Å². The van der Waals surface area contributed by atoms with E-state index in [1.807, 2.05) is 72.8 Å². The van der Waals surface area contributed by atoms with Gasteiger partial charge in [-0.05, 0) is 41.9 Å². The summed E-state index contributed by atoms with van der Waals surface area (Å²) in [7, 11) is 0. The van der Waals surface area contributed by atoms with Crippen molar-refractivity contribution < 1.29 is 25.6 Å². The first-order valence-corrected chi connectivity index (χ1v) is 16.1. The molecule has 238 valence electrons. The molecule has 7 aromatic carbocycles. The molecule has 0 bridgehead atoms. The number of hydrogen-bond acceptors (Lipinski definition) is 6. The molecule has 0 amide bonds. The van der Waals surface area contributed by atoms with E-state index in [0.29, 0.717) is 44.4 Å². The first kappa shape index (κ1) is 20.5. The molecule has 4 aromatic heterocycles. The van der Waals surface area contributed by atoms with Crippen LogP contribution in [0.15, 0.2) is 165 Å². The lowest BCUT2D eigenvalue weighted by molar-refractivity contribution is 0.668. The summed E-state index contributed by atoms with van der Waals surface area (Å²) in [4.78, 5) is 14.3. The Hall–Kier alpha value is -7.05. The lowest BCUT2D eigenvalue weighted by Crippen LogP contribution is -2.00. The van der Waals surface area contributed by atoms with E-state index < -0.39 is 30.2 Å². The molecule has 11 aromatic rings. The van der Waals surface area contributed by atoms with Crippen LogP contribution in [0.5, 0.6) is 0 Å². The van der Waals surface area contributed by atoms with Gasteiger partial charge in [0.1, 0.15) is 33.5 Å². The quantitative estimate of drug-likeness (QED) is 0.186. The Kier molecular flexibility index (Phi) is 4.30. The summed E-state index contributed by atoms with van der Waals surface area (Å²) in [5, 5.41) is 3.83. The number of para-hydroxylation sites is 4. The number of aromatic nitrogens is 3. The van der Waals surface area contributed by atoms with Gasteiger partial charge in [-0.15, -0.1) is 0 Å². The topological polar surface area (TPSA) is 78.1 Å². The molecular formula is C45H25N3O3. The van der Waals surface area contributed by atoms with Crippen molar-refractivity contribution in [2.45, 2.75) is 0 Å². The zero-order valence-electron chi connectivity index (χ0n) is 35.3. The van der Waals surface area contributed by atoms with Crippen LogP contribution in [0.25, 0.3) is 111 Å². The minimum atomic E-state index is -0.588. The Morgan fingerprint density at radius 3 is 1.76 bits per heavy atom. The van der Waals surface area contributed by atoms with Crippen LogP contribution in [0.4, 0.5) is 0 Å². The molecule has 51 heavy (non-hydrogen) atoms. The van der Waals surface area contributed by atoms with Crippen molar-refractivity contribution >= 4 is 65.8 Å². The van der Waals surface area contributed by atoms with Gasteiger partial charge in [0.2, 0.25) is 0 Å². The maximum absolute atomic E-state index is 9.33. The molecule has 11 rings (SSSR count). The smallest absolute Gasteiger partial charge is 0.167 e. The predicted molar refractivity (Wildman–Crippen MR) is 203 cm³/mol. The first-order chi connectivity index (χ1) is 29.0. The zero-order valence-corrected chi connectivity index (χ0v) is 26.3. The molecular weight excluding hydrogens is 631 g/mol. The fraction of sp³-hybridized carbons (Fsp3) is 0.